The second kappa shape index (κ2) is 14.3. The lowest BCUT2D eigenvalue weighted by molar-refractivity contribution is -0.320. The summed E-state index contributed by atoms with van der Waals surface area (Å²) in [6, 6.07) is 8.48. The Morgan fingerprint density at radius 1 is 0.889 bits per heavy atom. The van der Waals surface area contributed by atoms with Gasteiger partial charge >= 0.3 is 5.97 Å². The predicted octanol–water partition coefficient (Wildman–Crippen LogP) is 3.11. The Kier molecular flexibility index (Phi) is 10.5. The van der Waals surface area contributed by atoms with Crippen molar-refractivity contribution < 1.29 is 63.5 Å². The minimum Gasteiger partial charge on any atom is -0.458 e. The smallest absolute Gasteiger partial charge is 0.338 e. The van der Waals surface area contributed by atoms with Gasteiger partial charge in [0.15, 0.2) is 18.4 Å². The molecule has 54 heavy (non-hydrogen) atoms. The standard InChI is InChI=1S/C41H58O13/c1-22-34(44)29(49-6)20-33(50-22)54-35-23(2)51-32(19-28(35)43)52-27-13-14-37(4)26(18-27)12-15-40(47)30(37)21-31(53-36(45)25-10-8-7-9-11-25)38(5)39(46,24(3)42)16-17-41(38,40)48/h7-12,22-23,27-35,43-44,46-48H,13-21H2,1-6H3/t22-,23-,27+,28+,29-,30-,31-,32+,33+,34-,35-,37+,38-,39-,40+,41-/m1/s1. The van der Waals surface area contributed by atoms with Gasteiger partial charge in [0, 0.05) is 25.9 Å². The number of ether oxygens (including phenoxy) is 6. The number of aliphatic hydroxyl groups is 5. The van der Waals surface area contributed by atoms with E-state index in [2.05, 4.69) is 6.92 Å². The van der Waals surface area contributed by atoms with E-state index >= 15 is 0 Å². The second-order valence-electron chi connectivity index (χ2n) is 17.2. The van der Waals surface area contributed by atoms with E-state index in [1.54, 1.807) is 44.2 Å². The number of carbonyl (C=O) groups excluding carboxylic acids is 2. The molecule has 300 valence electrons. The van der Waals surface area contributed by atoms with Crippen molar-refractivity contribution in [3.8, 4) is 0 Å². The molecule has 5 fully saturated rings. The average Bonchev–Trinajstić information content (AvgIpc) is 3.37. The van der Waals surface area contributed by atoms with Crippen molar-refractivity contribution in [3.63, 3.8) is 0 Å². The number of esters is 1. The summed E-state index contributed by atoms with van der Waals surface area (Å²) in [6.07, 6.45) is -2.22. The molecule has 2 saturated heterocycles. The predicted molar refractivity (Wildman–Crippen MR) is 192 cm³/mol. The van der Waals surface area contributed by atoms with E-state index in [0.29, 0.717) is 31.2 Å². The summed E-state index contributed by atoms with van der Waals surface area (Å²) < 4.78 is 36.4. The van der Waals surface area contributed by atoms with Gasteiger partial charge in [-0.05, 0) is 90.2 Å². The highest BCUT2D eigenvalue weighted by Crippen LogP contribution is 2.71. The highest BCUT2D eigenvalue weighted by molar-refractivity contribution is 5.90. The van der Waals surface area contributed by atoms with Gasteiger partial charge in [-0.15, -0.1) is 0 Å². The fourth-order valence-corrected chi connectivity index (χ4v) is 11.3. The third kappa shape index (κ3) is 6.04. The molecule has 16 atom stereocenters. The second-order valence-corrected chi connectivity index (χ2v) is 17.2. The van der Waals surface area contributed by atoms with Gasteiger partial charge in [0.25, 0.3) is 0 Å². The zero-order valence-corrected chi connectivity index (χ0v) is 32.2. The van der Waals surface area contributed by atoms with Crippen LogP contribution in [-0.4, -0.2) is 123 Å². The van der Waals surface area contributed by atoms with Crippen molar-refractivity contribution >= 4 is 11.8 Å². The Labute approximate surface area is 316 Å². The van der Waals surface area contributed by atoms with E-state index in [9.17, 15) is 35.1 Å². The van der Waals surface area contributed by atoms with Crippen LogP contribution in [0.3, 0.4) is 0 Å². The highest BCUT2D eigenvalue weighted by atomic mass is 16.7. The highest BCUT2D eigenvalue weighted by Gasteiger charge is 2.81. The number of benzene rings is 1. The molecule has 3 saturated carbocycles. The lowest BCUT2D eigenvalue weighted by atomic mass is 9.42. The van der Waals surface area contributed by atoms with Crippen LogP contribution in [0.1, 0.15) is 103 Å². The maximum absolute atomic E-state index is 13.6. The first kappa shape index (κ1) is 39.9. The zero-order chi connectivity index (χ0) is 39.0. The van der Waals surface area contributed by atoms with Gasteiger partial charge in [0.05, 0.1) is 41.5 Å². The number of methoxy groups -OCH3 is 1. The molecule has 6 aliphatic rings. The minimum absolute atomic E-state index is 0.0397. The monoisotopic (exact) mass is 758 g/mol. The molecular weight excluding hydrogens is 700 g/mol. The van der Waals surface area contributed by atoms with E-state index in [-0.39, 0.29) is 38.2 Å². The molecule has 0 amide bonds. The summed E-state index contributed by atoms with van der Waals surface area (Å²) in [5.74, 6) is -1.74. The molecule has 0 spiro atoms. The average molecular weight is 759 g/mol. The van der Waals surface area contributed by atoms with Crippen LogP contribution in [0, 0.1) is 16.7 Å². The molecule has 0 unspecified atom stereocenters. The maximum atomic E-state index is 13.6. The fraction of sp³-hybridized carbons (Fsp3) is 0.756. The Morgan fingerprint density at radius 3 is 2.24 bits per heavy atom. The Bertz CT molecular complexity index is 1590. The summed E-state index contributed by atoms with van der Waals surface area (Å²) in [5, 5.41) is 59.1. The first-order valence-electron chi connectivity index (χ1n) is 19.6. The van der Waals surface area contributed by atoms with Crippen LogP contribution in [0.5, 0.6) is 0 Å². The van der Waals surface area contributed by atoms with E-state index in [0.717, 1.165) is 5.57 Å². The van der Waals surface area contributed by atoms with E-state index in [1.165, 1.54) is 14.0 Å². The van der Waals surface area contributed by atoms with Crippen molar-refractivity contribution in [1.82, 2.24) is 0 Å². The third-order valence-electron chi connectivity index (χ3n) is 14.6. The van der Waals surface area contributed by atoms with E-state index in [4.69, 9.17) is 28.4 Å². The number of Topliss-reactive ketones (excluding diaryl/α,β-unsaturated/α-hetero) is 1. The first-order valence-corrected chi connectivity index (χ1v) is 19.6. The molecule has 0 radical (unpaired) electrons. The number of hydrogen-bond acceptors (Lipinski definition) is 13. The summed E-state index contributed by atoms with van der Waals surface area (Å²) in [7, 11) is 1.53. The zero-order valence-electron chi connectivity index (χ0n) is 32.2. The third-order valence-corrected chi connectivity index (χ3v) is 14.6. The van der Waals surface area contributed by atoms with Crippen molar-refractivity contribution in [1.29, 1.82) is 0 Å². The van der Waals surface area contributed by atoms with Crippen LogP contribution in [0.15, 0.2) is 42.0 Å². The molecule has 4 aliphatic carbocycles. The van der Waals surface area contributed by atoms with Crippen LogP contribution in [0.4, 0.5) is 0 Å². The lowest BCUT2D eigenvalue weighted by Crippen LogP contribution is -2.78. The van der Waals surface area contributed by atoms with Crippen LogP contribution in [0.2, 0.25) is 0 Å². The summed E-state index contributed by atoms with van der Waals surface area (Å²) in [6.45, 7) is 8.51. The Balaban J connectivity index is 1.07. The summed E-state index contributed by atoms with van der Waals surface area (Å²) in [5.41, 5.74) is -6.64. The lowest BCUT2D eigenvalue weighted by Gasteiger charge is -2.67. The topological polar surface area (TPSA) is 191 Å². The SMILES string of the molecule is CO[C@@H]1C[C@H](O[C@H]2[C@@H](O)C[C@H](O[C@H]3CC[C@@]4(C)C(=CC[C@]5(O)[C@@H]4C[C@@H](OC(=O)c4ccccc4)[C@@]4(C)[C@]5(O)CC[C@@]4(O)C(C)=O)C3)O[C@@H]2C)O[C@H](C)[C@H]1O. The molecule has 0 bridgehead atoms. The van der Waals surface area contributed by atoms with Gasteiger partial charge in [0.1, 0.15) is 35.1 Å². The van der Waals surface area contributed by atoms with Crippen molar-refractivity contribution in [2.75, 3.05) is 7.11 Å². The number of fused-ring (bicyclic) bond motifs is 5. The molecule has 7 rings (SSSR count). The molecule has 1 aromatic rings. The number of carbonyl (C=O) groups is 2. The molecule has 1 aromatic carbocycles. The van der Waals surface area contributed by atoms with Gasteiger partial charge in [0.2, 0.25) is 0 Å². The molecule has 2 aliphatic heterocycles. The van der Waals surface area contributed by atoms with Gasteiger partial charge in [-0.3, -0.25) is 4.79 Å². The van der Waals surface area contributed by atoms with Gasteiger partial charge in [-0.25, -0.2) is 4.79 Å². The maximum Gasteiger partial charge on any atom is 0.338 e. The largest absolute Gasteiger partial charge is 0.458 e. The number of ketones is 1. The Morgan fingerprint density at radius 2 is 1.57 bits per heavy atom. The van der Waals surface area contributed by atoms with Crippen LogP contribution in [0.25, 0.3) is 0 Å². The minimum atomic E-state index is -2.02. The van der Waals surface area contributed by atoms with E-state index in [1.807, 2.05) is 13.0 Å². The molecule has 13 nitrogen and oxygen atoms in total. The molecule has 2 heterocycles. The van der Waals surface area contributed by atoms with Gasteiger partial charge in [-0.2, -0.15) is 0 Å². The normalized spacial score (nSPS) is 48.9. The number of hydrogen-bond donors (Lipinski definition) is 5. The summed E-state index contributed by atoms with van der Waals surface area (Å²) >= 11 is 0. The van der Waals surface area contributed by atoms with Crippen LogP contribution < -0.4 is 0 Å². The van der Waals surface area contributed by atoms with Gasteiger partial charge < -0.3 is 54.0 Å². The van der Waals surface area contributed by atoms with Crippen LogP contribution >= 0.6 is 0 Å². The van der Waals surface area contributed by atoms with Crippen molar-refractivity contribution in [2.24, 2.45) is 16.7 Å². The Hall–Kier alpha value is -2.30. The quantitative estimate of drug-likeness (QED) is 0.192. The summed E-state index contributed by atoms with van der Waals surface area (Å²) in [4.78, 5) is 26.7. The van der Waals surface area contributed by atoms with Crippen molar-refractivity contribution in [3.05, 3.63) is 47.5 Å². The molecule has 13 heteroatoms. The number of rotatable bonds is 8. The van der Waals surface area contributed by atoms with Crippen LogP contribution in [-0.2, 0) is 33.2 Å². The van der Waals surface area contributed by atoms with Gasteiger partial charge in [-0.1, -0.05) is 36.8 Å². The fourth-order valence-electron chi connectivity index (χ4n) is 11.3. The van der Waals surface area contributed by atoms with Crippen molar-refractivity contribution in [2.45, 2.75) is 171 Å². The molecule has 5 N–H and O–H groups in total. The first-order chi connectivity index (χ1) is 25.4. The van der Waals surface area contributed by atoms with E-state index < -0.39 is 101 Å². The molecule has 0 aromatic heterocycles. The molecular formula is C41H58O13. The number of aliphatic hydroxyl groups excluding tert-OH is 2.